The maximum Gasteiger partial charge on any atom is 0.164 e. The first-order valence-electron chi connectivity index (χ1n) is 17.3. The van der Waals surface area contributed by atoms with Crippen LogP contribution in [-0.2, 0) is 30.3 Å². The van der Waals surface area contributed by atoms with Crippen LogP contribution in [0.4, 0.5) is 0 Å². The molecule has 0 amide bonds. The average Bonchev–Trinajstić information content (AvgIpc) is 3.66. The Morgan fingerprint density at radius 2 is 1.47 bits per heavy atom. The van der Waals surface area contributed by atoms with E-state index >= 15 is 0 Å². The van der Waals surface area contributed by atoms with Gasteiger partial charge in [0.1, 0.15) is 28.3 Å². The third-order valence-electron chi connectivity index (χ3n) is 10.6. The number of ketones is 1. The second-order valence-electron chi connectivity index (χ2n) is 14.7. The van der Waals surface area contributed by atoms with Gasteiger partial charge in [0.25, 0.3) is 0 Å². The Hall–Kier alpha value is -3.73. The number of hydrogen-bond donors (Lipinski definition) is 1. The number of fused-ring (bicyclic) bond motifs is 6. The zero-order valence-electron chi connectivity index (χ0n) is 30.6. The fraction of sp³-hybridized carbons (Fsp3) is 0.395. The topological polar surface area (TPSA) is 76.5 Å². The Labute approximate surface area is 304 Å². The predicted molar refractivity (Wildman–Crippen MR) is 200 cm³/mol. The number of pyridine rings is 1. The van der Waals surface area contributed by atoms with E-state index in [4.69, 9.17) is 13.8 Å². The van der Waals surface area contributed by atoms with E-state index in [1.165, 1.54) is 17.0 Å². The number of hydrogen-bond acceptors (Lipinski definition) is 5. The van der Waals surface area contributed by atoms with Gasteiger partial charge in [0, 0.05) is 59.7 Å². The molecule has 3 aromatic carbocycles. The van der Waals surface area contributed by atoms with E-state index < -0.39 is 0 Å². The maximum atomic E-state index is 12.2. The van der Waals surface area contributed by atoms with Crippen molar-refractivity contribution in [1.29, 1.82) is 0 Å². The first-order chi connectivity index (χ1) is 22.7. The van der Waals surface area contributed by atoms with Crippen LogP contribution in [0.3, 0.4) is 0 Å². The number of aliphatic hydroxyl groups is 1. The normalized spacial score (nSPS) is 12.7. The molecule has 0 spiro atoms. The van der Waals surface area contributed by atoms with Crippen molar-refractivity contribution in [2.75, 3.05) is 0 Å². The summed E-state index contributed by atoms with van der Waals surface area (Å²) in [5.74, 6) is 1.16. The van der Waals surface area contributed by atoms with Crippen LogP contribution in [0.5, 0.6) is 0 Å². The summed E-state index contributed by atoms with van der Waals surface area (Å²) in [6, 6.07) is 22.4. The minimum atomic E-state index is -0.337. The Morgan fingerprint density at radius 1 is 0.816 bits per heavy atom. The van der Waals surface area contributed by atoms with Gasteiger partial charge in [-0.2, -0.15) is 0 Å². The number of carbonyl (C=O) groups is 1. The first kappa shape index (κ1) is 38.1. The summed E-state index contributed by atoms with van der Waals surface area (Å²) >= 11 is 0. The Bertz CT molecular complexity index is 2130. The molecule has 0 aliphatic heterocycles. The monoisotopic (exact) mass is 837 g/mol. The minimum Gasteiger partial charge on any atom is -0.512 e. The van der Waals surface area contributed by atoms with Crippen molar-refractivity contribution >= 4 is 49.5 Å². The second-order valence-corrected chi connectivity index (χ2v) is 14.7. The van der Waals surface area contributed by atoms with Crippen LogP contribution >= 0.6 is 0 Å². The molecule has 6 rings (SSSR count). The van der Waals surface area contributed by atoms with Crippen LogP contribution < -0.4 is 0 Å². The molecule has 6 aromatic rings. The largest absolute Gasteiger partial charge is 0.512 e. The predicted octanol–water partition coefficient (Wildman–Crippen LogP) is 12.6. The summed E-state index contributed by atoms with van der Waals surface area (Å²) in [6.45, 7) is 20.8. The van der Waals surface area contributed by atoms with Gasteiger partial charge in [0.05, 0.1) is 5.39 Å². The van der Waals surface area contributed by atoms with Gasteiger partial charge >= 0.3 is 0 Å². The summed E-state index contributed by atoms with van der Waals surface area (Å²) in [7, 11) is 0. The summed E-state index contributed by atoms with van der Waals surface area (Å²) in [4.78, 5) is 17.0. The zero-order chi connectivity index (χ0) is 35.0. The zero-order valence-corrected chi connectivity index (χ0v) is 33.0. The van der Waals surface area contributed by atoms with Crippen molar-refractivity contribution in [2.45, 2.75) is 100 Å². The molecular formula is C43H50IrNO4-. The minimum absolute atomic E-state index is 0. The summed E-state index contributed by atoms with van der Waals surface area (Å²) in [6.07, 6.45) is 6.57. The molecule has 0 saturated carbocycles. The molecule has 3 heterocycles. The molecule has 0 atom stereocenters. The van der Waals surface area contributed by atoms with Crippen molar-refractivity contribution in [3.8, 4) is 11.3 Å². The summed E-state index contributed by atoms with van der Waals surface area (Å²) in [5, 5.41) is 15.5. The van der Waals surface area contributed by atoms with Gasteiger partial charge in [-0.3, -0.25) is 9.78 Å². The van der Waals surface area contributed by atoms with Crippen LogP contribution in [0.2, 0.25) is 0 Å². The molecule has 0 unspecified atom stereocenters. The molecule has 0 saturated heterocycles. The number of rotatable bonds is 8. The van der Waals surface area contributed by atoms with E-state index in [9.17, 15) is 9.90 Å². The van der Waals surface area contributed by atoms with E-state index in [-0.39, 0.29) is 47.9 Å². The van der Waals surface area contributed by atoms with Crippen LogP contribution in [0.15, 0.2) is 81.5 Å². The van der Waals surface area contributed by atoms with Gasteiger partial charge < -0.3 is 13.9 Å². The Balaban J connectivity index is 0.000000260. The third-order valence-corrected chi connectivity index (χ3v) is 10.6. The smallest absolute Gasteiger partial charge is 0.164 e. The van der Waals surface area contributed by atoms with E-state index in [1.807, 2.05) is 72.9 Å². The molecule has 49 heavy (non-hydrogen) atoms. The number of nitrogens with zero attached hydrogens (tertiary/aromatic N) is 1. The number of benzene rings is 3. The van der Waals surface area contributed by atoms with Crippen molar-refractivity contribution in [2.24, 2.45) is 10.8 Å². The number of aliphatic hydroxyl groups excluding tert-OH is 1. The van der Waals surface area contributed by atoms with Crippen molar-refractivity contribution in [1.82, 2.24) is 4.98 Å². The number of aromatic nitrogens is 1. The molecule has 0 bridgehead atoms. The van der Waals surface area contributed by atoms with Crippen molar-refractivity contribution in [3.63, 3.8) is 0 Å². The Kier molecular flexibility index (Phi) is 11.4. The van der Waals surface area contributed by atoms with E-state index in [2.05, 4.69) is 63.2 Å². The second kappa shape index (κ2) is 14.6. The average molecular weight is 837 g/mol. The fourth-order valence-electron chi connectivity index (χ4n) is 6.29. The number of aryl methyl sites for hydroxylation is 1. The molecular weight excluding hydrogens is 787 g/mol. The van der Waals surface area contributed by atoms with Crippen molar-refractivity contribution < 1.29 is 38.8 Å². The van der Waals surface area contributed by atoms with Crippen LogP contribution in [0.1, 0.15) is 99.3 Å². The molecule has 0 aliphatic carbocycles. The van der Waals surface area contributed by atoms with Gasteiger partial charge in [0.2, 0.25) is 0 Å². The van der Waals surface area contributed by atoms with Gasteiger partial charge in [-0.1, -0.05) is 91.5 Å². The SMILES string of the molecule is CCC(C)(CC)C(=O)/C=C(\O)C(C)(CC)CC.Cc1cc2c(ccc3c2oc2ccnc(-c4[c-]c5ccccc5c(C(C)(C)C)c4)c23)o1.[Ir]. The number of furan rings is 2. The third kappa shape index (κ3) is 7.28. The Morgan fingerprint density at radius 3 is 2.10 bits per heavy atom. The molecule has 0 fully saturated rings. The quantitative estimate of drug-likeness (QED) is 0.0939. The molecule has 261 valence electrons. The molecule has 6 heteroatoms. The maximum absolute atomic E-state index is 12.2. The molecule has 0 aliphatic rings. The van der Waals surface area contributed by atoms with Crippen LogP contribution in [-0.4, -0.2) is 15.9 Å². The summed E-state index contributed by atoms with van der Waals surface area (Å²) in [5.41, 5.74) is 5.07. The number of carbonyl (C=O) groups excluding carboxylic acids is 1. The molecule has 1 N–H and O–H groups in total. The molecule has 5 nitrogen and oxygen atoms in total. The van der Waals surface area contributed by atoms with Crippen LogP contribution in [0, 0.1) is 23.8 Å². The van der Waals surface area contributed by atoms with Gasteiger partial charge in [-0.15, -0.1) is 29.1 Å². The van der Waals surface area contributed by atoms with Gasteiger partial charge in [0.15, 0.2) is 5.78 Å². The summed E-state index contributed by atoms with van der Waals surface area (Å²) < 4.78 is 12.1. The van der Waals surface area contributed by atoms with Gasteiger partial charge in [-0.25, -0.2) is 0 Å². The van der Waals surface area contributed by atoms with Crippen LogP contribution in [0.25, 0.3) is 54.9 Å². The fourth-order valence-corrected chi connectivity index (χ4v) is 6.29. The standard InChI is InChI=1S/C28H22NO2.C15H28O2.Ir/c1-16-13-21-23(30-16)10-9-20-25-24(31-27(20)21)11-12-29-26(25)18-14-17-7-5-6-8-19(17)22(15-18)28(2,3)4;1-7-14(5,8-2)12(16)11-13(17)15(6,9-3)10-4;/h5-13,15H,1-4H3;11,16H,7-10H2,1-6H3;/q-1;;/b;12-11-;. The van der Waals surface area contributed by atoms with Gasteiger partial charge in [-0.05, 0) is 62.3 Å². The van der Waals surface area contributed by atoms with Crippen molar-refractivity contribution in [3.05, 3.63) is 90.0 Å². The van der Waals surface area contributed by atoms with E-state index in [0.717, 1.165) is 81.0 Å². The van der Waals surface area contributed by atoms with E-state index in [0.29, 0.717) is 0 Å². The molecule has 1 radical (unpaired) electrons. The van der Waals surface area contributed by atoms with E-state index in [1.54, 1.807) is 0 Å². The first-order valence-corrected chi connectivity index (χ1v) is 17.3. The number of allylic oxidation sites excluding steroid dienone is 2. The molecule has 3 aromatic heterocycles.